The smallest absolute Gasteiger partial charge is 0.277 e. The van der Waals surface area contributed by atoms with Crippen LogP contribution in [-0.2, 0) is 4.79 Å². The first-order chi connectivity index (χ1) is 9.77. The molecule has 1 atom stereocenters. The molecule has 0 aliphatic carbocycles. The number of amides is 1. The second-order valence-electron chi connectivity index (χ2n) is 5.43. The van der Waals surface area contributed by atoms with Crippen LogP contribution in [0.4, 0.5) is 14.5 Å². The number of nitrogens with zero attached hydrogens (tertiary/aromatic N) is 2. The Morgan fingerprint density at radius 2 is 2.00 bits per heavy atom. The summed E-state index contributed by atoms with van der Waals surface area (Å²) in [6.07, 6.45) is -2.81. The molecule has 1 aromatic carbocycles. The second kappa shape index (κ2) is 5.79. The normalized spacial score (nSPS) is 22.8. The standard InChI is InChI=1S/C15H19ClF2N2O/c1-10-5-4-6-13(11(10)2)19-7-8-20(12(3)21)15(16,9-19)14(17)18/h4-6,14H,7-9H2,1-3H3. The summed E-state index contributed by atoms with van der Waals surface area (Å²) in [5, 5.41) is 0. The summed E-state index contributed by atoms with van der Waals surface area (Å²) in [6, 6.07) is 5.77. The van der Waals surface area contributed by atoms with Crippen LogP contribution in [0, 0.1) is 13.8 Å². The molecule has 2 rings (SSSR count). The highest BCUT2D eigenvalue weighted by atomic mass is 35.5. The molecule has 1 fully saturated rings. The summed E-state index contributed by atoms with van der Waals surface area (Å²) < 4.78 is 26.9. The molecule has 0 bridgehead atoms. The molecule has 0 spiro atoms. The summed E-state index contributed by atoms with van der Waals surface area (Å²) in [7, 11) is 0. The molecule has 6 heteroatoms. The van der Waals surface area contributed by atoms with E-state index in [1.165, 1.54) is 6.92 Å². The van der Waals surface area contributed by atoms with Crippen LogP contribution in [0.5, 0.6) is 0 Å². The van der Waals surface area contributed by atoms with Crippen molar-refractivity contribution in [2.24, 2.45) is 0 Å². The van der Waals surface area contributed by atoms with Gasteiger partial charge in [0.05, 0.1) is 6.54 Å². The zero-order chi connectivity index (χ0) is 15.8. The average Bonchev–Trinajstić information content (AvgIpc) is 2.41. The molecule has 1 amide bonds. The van der Waals surface area contributed by atoms with E-state index in [1.54, 1.807) is 0 Å². The Morgan fingerprint density at radius 3 is 2.57 bits per heavy atom. The van der Waals surface area contributed by atoms with Crippen LogP contribution in [0.3, 0.4) is 0 Å². The molecule has 0 aromatic heterocycles. The highest BCUT2D eigenvalue weighted by Crippen LogP contribution is 2.35. The van der Waals surface area contributed by atoms with Crippen LogP contribution in [0.15, 0.2) is 18.2 Å². The maximum absolute atomic E-state index is 13.4. The SMILES string of the molecule is CC(=O)N1CCN(c2cccc(C)c2C)CC1(Cl)C(F)F. The fourth-order valence-corrected chi connectivity index (χ4v) is 3.08. The third kappa shape index (κ3) is 2.84. The van der Waals surface area contributed by atoms with Crippen LogP contribution in [0.25, 0.3) is 0 Å². The predicted octanol–water partition coefficient (Wildman–Crippen LogP) is 3.17. The number of hydrogen-bond acceptors (Lipinski definition) is 2. The van der Waals surface area contributed by atoms with Crippen molar-refractivity contribution < 1.29 is 13.6 Å². The van der Waals surface area contributed by atoms with Crippen molar-refractivity contribution >= 4 is 23.2 Å². The van der Waals surface area contributed by atoms with Crippen molar-refractivity contribution in [2.75, 3.05) is 24.5 Å². The molecule has 3 nitrogen and oxygen atoms in total. The van der Waals surface area contributed by atoms with Gasteiger partial charge in [-0.05, 0) is 31.0 Å². The first-order valence-electron chi connectivity index (χ1n) is 6.84. The summed E-state index contributed by atoms with van der Waals surface area (Å²) >= 11 is 6.12. The Hall–Kier alpha value is -1.36. The van der Waals surface area contributed by atoms with Gasteiger partial charge in [0.15, 0.2) is 5.00 Å². The lowest BCUT2D eigenvalue weighted by atomic mass is 10.0. The Labute approximate surface area is 128 Å². The molecular weight excluding hydrogens is 298 g/mol. The van der Waals surface area contributed by atoms with Crippen molar-refractivity contribution in [3.8, 4) is 0 Å². The van der Waals surface area contributed by atoms with E-state index in [4.69, 9.17) is 11.6 Å². The number of carbonyl (C=O) groups excluding carboxylic acids is 1. The van der Waals surface area contributed by atoms with Gasteiger partial charge in [0.2, 0.25) is 5.91 Å². The molecular formula is C15H19ClF2N2O. The molecule has 1 unspecified atom stereocenters. The van der Waals surface area contributed by atoms with Crippen molar-refractivity contribution in [3.63, 3.8) is 0 Å². The molecule has 116 valence electrons. The number of hydrogen-bond donors (Lipinski definition) is 0. The van der Waals surface area contributed by atoms with Crippen LogP contribution in [0.2, 0.25) is 0 Å². The molecule has 1 heterocycles. The van der Waals surface area contributed by atoms with E-state index in [0.29, 0.717) is 6.54 Å². The number of rotatable bonds is 2. The summed E-state index contributed by atoms with van der Waals surface area (Å²) in [5.74, 6) is -0.425. The fourth-order valence-electron chi connectivity index (χ4n) is 2.73. The minimum atomic E-state index is -2.81. The van der Waals surface area contributed by atoms with Gasteiger partial charge >= 0.3 is 0 Å². The molecule has 1 aliphatic rings. The van der Waals surface area contributed by atoms with Gasteiger partial charge in [-0.2, -0.15) is 0 Å². The quantitative estimate of drug-likeness (QED) is 0.618. The largest absolute Gasteiger partial charge is 0.366 e. The van der Waals surface area contributed by atoms with Crippen LogP contribution in [0.1, 0.15) is 18.1 Å². The summed E-state index contributed by atoms with van der Waals surface area (Å²) in [5.41, 5.74) is 3.03. The number of carbonyl (C=O) groups is 1. The molecule has 1 aliphatic heterocycles. The summed E-state index contributed by atoms with van der Waals surface area (Å²) in [6.45, 7) is 5.80. The number of halogens is 3. The Bertz CT molecular complexity index is 552. The number of anilines is 1. The molecule has 0 saturated carbocycles. The lowest BCUT2D eigenvalue weighted by Crippen LogP contribution is -2.64. The zero-order valence-corrected chi connectivity index (χ0v) is 13.1. The Morgan fingerprint density at radius 1 is 1.33 bits per heavy atom. The van der Waals surface area contributed by atoms with Crippen LogP contribution < -0.4 is 4.90 Å². The third-order valence-electron chi connectivity index (χ3n) is 4.09. The summed E-state index contributed by atoms with van der Waals surface area (Å²) in [4.78, 5) is 12.5. The number of piperazine rings is 1. The molecule has 0 N–H and O–H groups in total. The van der Waals surface area contributed by atoms with Crippen molar-refractivity contribution in [2.45, 2.75) is 32.2 Å². The van der Waals surface area contributed by atoms with E-state index >= 15 is 0 Å². The fraction of sp³-hybridized carbons (Fsp3) is 0.533. The number of alkyl halides is 3. The highest BCUT2D eigenvalue weighted by Gasteiger charge is 2.49. The van der Waals surface area contributed by atoms with Gasteiger partial charge in [-0.3, -0.25) is 4.79 Å². The monoisotopic (exact) mass is 316 g/mol. The van der Waals surface area contributed by atoms with E-state index in [-0.39, 0.29) is 13.1 Å². The Kier molecular flexibility index (Phi) is 4.42. The topological polar surface area (TPSA) is 23.6 Å². The average molecular weight is 317 g/mol. The van der Waals surface area contributed by atoms with Gasteiger partial charge in [0, 0.05) is 25.7 Å². The minimum absolute atomic E-state index is 0.0872. The van der Waals surface area contributed by atoms with Gasteiger partial charge in [-0.15, -0.1) is 0 Å². The first kappa shape index (κ1) is 16.0. The maximum atomic E-state index is 13.4. The van der Waals surface area contributed by atoms with E-state index in [9.17, 15) is 13.6 Å². The Balaban J connectivity index is 2.34. The van der Waals surface area contributed by atoms with E-state index in [0.717, 1.165) is 21.7 Å². The maximum Gasteiger partial charge on any atom is 0.277 e. The lowest BCUT2D eigenvalue weighted by Gasteiger charge is -2.47. The number of benzene rings is 1. The van der Waals surface area contributed by atoms with Gasteiger partial charge in [0.25, 0.3) is 6.43 Å². The van der Waals surface area contributed by atoms with Crippen LogP contribution >= 0.6 is 11.6 Å². The van der Waals surface area contributed by atoms with Gasteiger partial charge in [0.1, 0.15) is 0 Å². The van der Waals surface area contributed by atoms with Crippen molar-refractivity contribution in [1.82, 2.24) is 4.90 Å². The third-order valence-corrected chi connectivity index (χ3v) is 4.57. The van der Waals surface area contributed by atoms with Gasteiger partial charge < -0.3 is 9.80 Å². The van der Waals surface area contributed by atoms with Gasteiger partial charge in [-0.25, -0.2) is 8.78 Å². The predicted molar refractivity (Wildman–Crippen MR) is 80.1 cm³/mol. The molecule has 1 saturated heterocycles. The first-order valence-corrected chi connectivity index (χ1v) is 7.21. The lowest BCUT2D eigenvalue weighted by molar-refractivity contribution is -0.138. The van der Waals surface area contributed by atoms with Crippen LogP contribution in [-0.4, -0.2) is 41.9 Å². The molecule has 0 radical (unpaired) electrons. The molecule has 1 aromatic rings. The van der Waals surface area contributed by atoms with E-state index in [2.05, 4.69) is 0 Å². The van der Waals surface area contributed by atoms with E-state index < -0.39 is 17.3 Å². The minimum Gasteiger partial charge on any atom is -0.366 e. The zero-order valence-electron chi connectivity index (χ0n) is 12.4. The van der Waals surface area contributed by atoms with Crippen molar-refractivity contribution in [3.05, 3.63) is 29.3 Å². The van der Waals surface area contributed by atoms with Gasteiger partial charge in [-0.1, -0.05) is 23.7 Å². The van der Waals surface area contributed by atoms with E-state index in [1.807, 2.05) is 36.9 Å². The highest BCUT2D eigenvalue weighted by molar-refractivity contribution is 6.25. The second-order valence-corrected chi connectivity index (χ2v) is 6.09. The molecule has 21 heavy (non-hydrogen) atoms. The van der Waals surface area contributed by atoms with Crippen molar-refractivity contribution in [1.29, 1.82) is 0 Å². The number of aryl methyl sites for hydroxylation is 1.